The number of nitrogens with zero attached hydrogens (tertiary/aromatic N) is 3. The molecule has 0 spiro atoms. The minimum atomic E-state index is -4.86. The van der Waals surface area contributed by atoms with Crippen molar-refractivity contribution in [2.24, 2.45) is 16.2 Å². The predicted molar refractivity (Wildman–Crippen MR) is 236 cm³/mol. The lowest BCUT2D eigenvalue weighted by molar-refractivity contribution is -0.516. The molecule has 4 fully saturated rings. The molecule has 61 heavy (non-hydrogen) atoms. The maximum atomic E-state index is 14.6. The molecule has 1 atom stereocenters. The molecule has 3 saturated carbocycles. The zero-order chi connectivity index (χ0) is 43.0. The molecule has 2 aliphatic heterocycles. The number of anilines is 2. The molecule has 0 unspecified atom stereocenters. The fraction of sp³-hybridized carbons (Fsp3) is 0.532. The van der Waals surface area contributed by atoms with E-state index < -0.39 is 32.6 Å². The first kappa shape index (κ1) is 43.8. The van der Waals surface area contributed by atoms with Crippen LogP contribution in [-0.2, 0) is 20.9 Å². The molecule has 2 bridgehead atoms. The number of carbonyl (C=O) groups excluding carboxylic acids is 1. The van der Waals surface area contributed by atoms with Crippen LogP contribution in [-0.4, -0.2) is 101 Å². The summed E-state index contributed by atoms with van der Waals surface area (Å²) in [6.07, 6.45) is 5.68. The van der Waals surface area contributed by atoms with E-state index in [2.05, 4.69) is 46.7 Å². The zero-order valence-electron chi connectivity index (χ0n) is 35.5. The van der Waals surface area contributed by atoms with Crippen LogP contribution in [0.15, 0.2) is 93.7 Å². The molecular weight excluding hydrogens is 820 g/mol. The fourth-order valence-corrected chi connectivity index (χ4v) is 12.5. The average Bonchev–Trinajstić information content (AvgIpc) is 3.21. The summed E-state index contributed by atoms with van der Waals surface area (Å²) in [5.74, 6) is -0.426. The summed E-state index contributed by atoms with van der Waals surface area (Å²) in [6, 6.07) is 18.8. The third-order valence-electron chi connectivity index (χ3n) is 13.5. The van der Waals surface area contributed by atoms with Crippen molar-refractivity contribution >= 4 is 45.3 Å². The van der Waals surface area contributed by atoms with Crippen molar-refractivity contribution in [2.75, 3.05) is 75.0 Å². The van der Waals surface area contributed by atoms with Crippen LogP contribution in [0.1, 0.15) is 81.6 Å². The Morgan fingerprint density at radius 3 is 2.34 bits per heavy atom. The highest BCUT2D eigenvalue weighted by Crippen LogP contribution is 2.77. The Kier molecular flexibility index (Phi) is 12.5. The van der Waals surface area contributed by atoms with Crippen LogP contribution in [0.5, 0.6) is 0 Å². The maximum absolute atomic E-state index is 14.6. The van der Waals surface area contributed by atoms with Gasteiger partial charge in [0.15, 0.2) is 19.3 Å². The maximum Gasteiger partial charge on any atom is 0.418 e. The van der Waals surface area contributed by atoms with Crippen molar-refractivity contribution < 1.29 is 35.7 Å². The van der Waals surface area contributed by atoms with Gasteiger partial charge in [-0.05, 0) is 121 Å². The molecule has 2 heterocycles. The van der Waals surface area contributed by atoms with Gasteiger partial charge >= 0.3 is 6.18 Å². The largest absolute Gasteiger partial charge is 0.418 e. The number of sulfonamides is 1. The first-order valence-electron chi connectivity index (χ1n) is 21.7. The summed E-state index contributed by atoms with van der Waals surface area (Å²) in [4.78, 5) is 18.1. The number of hydrogen-bond acceptors (Lipinski definition) is 8. The fourth-order valence-electron chi connectivity index (χ4n) is 10.5. The van der Waals surface area contributed by atoms with Gasteiger partial charge < -0.3 is 15.0 Å². The third kappa shape index (κ3) is 10.2. The minimum absolute atomic E-state index is 0.0881. The van der Waals surface area contributed by atoms with E-state index in [1.807, 2.05) is 35.1 Å². The van der Waals surface area contributed by atoms with Gasteiger partial charge in [0.1, 0.15) is 0 Å². The van der Waals surface area contributed by atoms with E-state index in [0.717, 1.165) is 61.9 Å². The Hall–Kier alpha value is -3.85. The number of morpholine rings is 1. The summed E-state index contributed by atoms with van der Waals surface area (Å²) in [7, 11) is -4.65. The van der Waals surface area contributed by atoms with E-state index in [-0.39, 0.29) is 17.3 Å². The van der Waals surface area contributed by atoms with Gasteiger partial charge in [-0.25, -0.2) is 17.7 Å². The summed E-state index contributed by atoms with van der Waals surface area (Å²) in [6.45, 7) is 14.0. The number of alkyl halides is 3. The van der Waals surface area contributed by atoms with Crippen molar-refractivity contribution in [3.63, 3.8) is 0 Å². The van der Waals surface area contributed by atoms with Gasteiger partial charge in [-0.3, -0.25) is 9.69 Å². The van der Waals surface area contributed by atoms with E-state index >= 15 is 0 Å². The van der Waals surface area contributed by atoms with Crippen LogP contribution in [0.2, 0.25) is 0 Å². The van der Waals surface area contributed by atoms with Crippen LogP contribution in [0, 0.1) is 16.2 Å². The van der Waals surface area contributed by atoms with Gasteiger partial charge in [0, 0.05) is 53.3 Å². The molecule has 4 aliphatic carbocycles. The van der Waals surface area contributed by atoms with Gasteiger partial charge in [-0.15, -0.1) is 11.8 Å². The lowest BCUT2D eigenvalue weighted by Crippen LogP contribution is -2.61. The molecule has 14 heteroatoms. The van der Waals surface area contributed by atoms with Gasteiger partial charge in [-0.2, -0.15) is 13.2 Å². The summed E-state index contributed by atoms with van der Waals surface area (Å²) < 4.78 is 80.6. The number of halogens is 3. The number of rotatable bonds is 15. The smallest absolute Gasteiger partial charge is 0.381 e. The summed E-state index contributed by atoms with van der Waals surface area (Å²) in [5, 5.41) is 3.09. The standard InChI is InChI=1S/C47H58F3N5O4S2/c1-44(2)17-15-40(46-31-45(3,32-46)33-46)35(28-44)29-54-19-21-55(22-20-54)37-11-9-34(10-12-37)43(56)52-61(57,58)39-13-14-42(41(27-39)47(48,49)50)51-36(16-18-53-23-25-59-26-24-53)30-60-38-7-5-4-6-8-38/h4-14,19,27,36,51H,15-18,20-26,28-33H2,1-3H3/p+1/t36-,45?,46?/m1/s1. The average molecular weight is 879 g/mol. The number of amides is 1. The van der Waals surface area contributed by atoms with Gasteiger partial charge in [0.25, 0.3) is 15.9 Å². The van der Waals surface area contributed by atoms with Crippen molar-refractivity contribution in [1.29, 1.82) is 0 Å². The molecule has 9 rings (SSSR count). The van der Waals surface area contributed by atoms with Crippen molar-refractivity contribution in [3.8, 4) is 0 Å². The van der Waals surface area contributed by atoms with Crippen molar-refractivity contribution in [2.45, 2.75) is 87.7 Å². The highest BCUT2D eigenvalue weighted by Gasteiger charge is 2.66. The Balaban J connectivity index is 0.903. The van der Waals surface area contributed by atoms with E-state index in [1.54, 1.807) is 47.2 Å². The Bertz CT molecular complexity index is 2240. The van der Waals surface area contributed by atoms with Crippen LogP contribution < -0.4 is 14.9 Å². The molecular formula is C47H59F3N5O4S2+. The van der Waals surface area contributed by atoms with Gasteiger partial charge in [0.05, 0.1) is 36.8 Å². The quantitative estimate of drug-likeness (QED) is 0.0891. The van der Waals surface area contributed by atoms with Crippen LogP contribution in [0.4, 0.5) is 24.5 Å². The highest BCUT2D eigenvalue weighted by molar-refractivity contribution is 7.99. The topological polar surface area (TPSA) is 94.0 Å². The Morgan fingerprint density at radius 1 is 0.967 bits per heavy atom. The van der Waals surface area contributed by atoms with E-state index in [4.69, 9.17) is 4.74 Å². The number of allylic oxidation sites excluding steroid dienone is 1. The van der Waals surface area contributed by atoms with Crippen LogP contribution >= 0.6 is 11.8 Å². The Labute approximate surface area is 363 Å². The molecule has 1 saturated heterocycles. The number of carbonyl (C=O) groups is 1. The first-order chi connectivity index (χ1) is 29.0. The Morgan fingerprint density at radius 2 is 1.69 bits per heavy atom. The van der Waals surface area contributed by atoms with Crippen molar-refractivity contribution in [1.82, 2.24) is 9.62 Å². The predicted octanol–water partition coefficient (Wildman–Crippen LogP) is 8.72. The molecule has 3 aromatic rings. The summed E-state index contributed by atoms with van der Waals surface area (Å²) >= 11 is 1.54. The zero-order valence-corrected chi connectivity index (χ0v) is 37.2. The molecule has 0 aromatic heterocycles. The molecule has 1 amide bonds. The summed E-state index contributed by atoms with van der Waals surface area (Å²) in [5.41, 5.74) is 4.43. The van der Waals surface area contributed by atoms with Crippen LogP contribution in [0.3, 0.4) is 0 Å². The molecule has 6 aliphatic rings. The molecule has 3 aromatic carbocycles. The lowest BCUT2D eigenvalue weighted by atomic mass is 9.33. The second-order valence-electron chi connectivity index (χ2n) is 19.0. The second kappa shape index (κ2) is 17.4. The number of nitrogens with one attached hydrogen (secondary N) is 2. The first-order valence-corrected chi connectivity index (χ1v) is 24.1. The number of benzene rings is 3. The second-order valence-corrected chi connectivity index (χ2v) is 21.8. The molecule has 2 N–H and O–H groups in total. The molecule has 328 valence electrons. The number of ether oxygens (including phenoxy) is 1. The molecule has 0 radical (unpaired) electrons. The molecule has 9 nitrogen and oxygen atoms in total. The lowest BCUT2D eigenvalue weighted by Gasteiger charge is -2.71. The number of thioether (sulfide) groups is 1. The third-order valence-corrected chi connectivity index (χ3v) is 16.0. The van der Waals surface area contributed by atoms with E-state index in [0.29, 0.717) is 60.8 Å². The van der Waals surface area contributed by atoms with Crippen LogP contribution in [0.25, 0.3) is 0 Å². The minimum Gasteiger partial charge on any atom is -0.381 e. The normalized spacial score (nSPS) is 24.6. The SMILES string of the molecule is CC1(C)CCC(C23CC(C)(C2)C3)=C(C[N+]2=CCN(c3ccc(C(=O)NS(=O)(=O)c4ccc(N[C@H](CCN5CCOCC5)CSc5ccccc5)c(C(F)(F)F)c4)cc3)CC2)C1. The monoisotopic (exact) mass is 878 g/mol. The van der Waals surface area contributed by atoms with Gasteiger partial charge in [0.2, 0.25) is 0 Å². The highest BCUT2D eigenvalue weighted by atomic mass is 32.2. The van der Waals surface area contributed by atoms with E-state index in [9.17, 15) is 26.4 Å². The van der Waals surface area contributed by atoms with Crippen molar-refractivity contribution in [3.05, 3.63) is 95.1 Å². The van der Waals surface area contributed by atoms with Gasteiger partial charge in [-0.1, -0.05) is 44.5 Å². The van der Waals surface area contributed by atoms with E-state index in [1.165, 1.54) is 32.1 Å². The number of hydrogen-bond donors (Lipinski definition) is 2.